The number of carboxylic acid groups (broad SMARTS) is 1. The number of urea groups is 1. The molecule has 12 heteroatoms. The second-order valence-electron chi connectivity index (χ2n) is 8.37. The van der Waals surface area contributed by atoms with Crippen molar-refractivity contribution < 1.29 is 37.4 Å². The van der Waals surface area contributed by atoms with Gasteiger partial charge in [0.15, 0.2) is 0 Å². The predicted octanol–water partition coefficient (Wildman–Crippen LogP) is 1.54. The number of aliphatic carboxylic acids is 1. The molecular weight excluding hydrogens is 457 g/mol. The average molecular weight is 486 g/mol. The monoisotopic (exact) mass is 486 g/mol. The molecule has 0 atom stereocenters. The normalized spacial score (nSPS) is 20.9. The van der Waals surface area contributed by atoms with Gasteiger partial charge in [0.25, 0.3) is 0 Å². The Bertz CT molecular complexity index is 854. The van der Waals surface area contributed by atoms with Crippen molar-refractivity contribution in [1.29, 1.82) is 0 Å². The van der Waals surface area contributed by atoms with Crippen molar-refractivity contribution >= 4 is 17.9 Å². The molecule has 0 unspecified atom stereocenters. The maximum absolute atomic E-state index is 12.9. The SMILES string of the molecule is O=C(N1CCOCC1)N1CCC2(CC1)C(=O)NCCN2Cc1ccccc1.O=C(O)C(F)(F)F. The van der Waals surface area contributed by atoms with Crippen LogP contribution in [0.4, 0.5) is 18.0 Å². The van der Waals surface area contributed by atoms with E-state index in [0.29, 0.717) is 58.8 Å². The van der Waals surface area contributed by atoms with Crippen LogP contribution < -0.4 is 5.32 Å². The Kier molecular flexibility index (Phi) is 8.37. The van der Waals surface area contributed by atoms with Gasteiger partial charge in [0.2, 0.25) is 5.91 Å². The molecule has 1 aromatic carbocycles. The fourth-order valence-electron chi connectivity index (χ4n) is 4.43. The zero-order valence-electron chi connectivity index (χ0n) is 18.7. The number of hydrogen-bond donors (Lipinski definition) is 2. The van der Waals surface area contributed by atoms with Crippen molar-refractivity contribution in [2.24, 2.45) is 0 Å². The van der Waals surface area contributed by atoms with E-state index in [1.807, 2.05) is 28.0 Å². The summed E-state index contributed by atoms with van der Waals surface area (Å²) in [4.78, 5) is 40.6. The first kappa shape index (κ1) is 25.8. The molecule has 188 valence electrons. The number of amides is 3. The third-order valence-corrected chi connectivity index (χ3v) is 6.30. The lowest BCUT2D eigenvalue weighted by molar-refractivity contribution is -0.192. The molecule has 1 aromatic rings. The van der Waals surface area contributed by atoms with Crippen molar-refractivity contribution in [2.45, 2.75) is 31.1 Å². The van der Waals surface area contributed by atoms with Gasteiger partial charge in [-0.2, -0.15) is 13.2 Å². The molecule has 34 heavy (non-hydrogen) atoms. The van der Waals surface area contributed by atoms with Crippen LogP contribution in [-0.2, 0) is 20.9 Å². The Morgan fingerprint density at radius 2 is 1.56 bits per heavy atom. The molecule has 3 saturated heterocycles. The van der Waals surface area contributed by atoms with Crippen molar-refractivity contribution in [3.63, 3.8) is 0 Å². The first-order valence-electron chi connectivity index (χ1n) is 11.1. The highest BCUT2D eigenvalue weighted by molar-refractivity contribution is 5.87. The van der Waals surface area contributed by atoms with Crippen LogP contribution in [0.5, 0.6) is 0 Å². The van der Waals surface area contributed by atoms with E-state index in [0.717, 1.165) is 13.1 Å². The van der Waals surface area contributed by atoms with Crippen molar-refractivity contribution in [3.8, 4) is 0 Å². The Hall–Kier alpha value is -2.86. The molecule has 0 bridgehead atoms. The van der Waals surface area contributed by atoms with Crippen LogP contribution in [0, 0.1) is 0 Å². The molecule has 0 radical (unpaired) electrons. The van der Waals surface area contributed by atoms with Crippen LogP contribution in [0.25, 0.3) is 0 Å². The lowest BCUT2D eigenvalue weighted by atomic mass is 9.82. The number of carbonyl (C=O) groups excluding carboxylic acids is 2. The third kappa shape index (κ3) is 6.17. The Morgan fingerprint density at radius 1 is 1.00 bits per heavy atom. The average Bonchev–Trinajstić information content (AvgIpc) is 2.83. The van der Waals surface area contributed by atoms with Gasteiger partial charge in [-0.15, -0.1) is 0 Å². The Morgan fingerprint density at radius 3 is 2.12 bits per heavy atom. The molecule has 0 saturated carbocycles. The number of carbonyl (C=O) groups is 3. The van der Waals surface area contributed by atoms with Gasteiger partial charge >= 0.3 is 18.2 Å². The lowest BCUT2D eigenvalue weighted by Crippen LogP contribution is -2.68. The molecule has 9 nitrogen and oxygen atoms in total. The number of likely N-dealkylation sites (tertiary alicyclic amines) is 1. The molecule has 3 fully saturated rings. The number of carboxylic acids is 1. The Balaban J connectivity index is 0.000000406. The number of morpholine rings is 1. The first-order chi connectivity index (χ1) is 16.1. The summed E-state index contributed by atoms with van der Waals surface area (Å²) in [6.45, 7) is 6.06. The summed E-state index contributed by atoms with van der Waals surface area (Å²) in [5.41, 5.74) is 0.717. The molecule has 3 heterocycles. The number of hydrogen-bond acceptors (Lipinski definition) is 5. The fourth-order valence-corrected chi connectivity index (χ4v) is 4.43. The first-order valence-corrected chi connectivity index (χ1v) is 11.1. The highest BCUT2D eigenvalue weighted by atomic mass is 19.4. The molecule has 2 N–H and O–H groups in total. The van der Waals surface area contributed by atoms with E-state index < -0.39 is 17.7 Å². The van der Waals surface area contributed by atoms with Crippen molar-refractivity contribution in [3.05, 3.63) is 35.9 Å². The van der Waals surface area contributed by atoms with E-state index in [9.17, 15) is 22.8 Å². The van der Waals surface area contributed by atoms with E-state index >= 15 is 0 Å². The van der Waals surface area contributed by atoms with Crippen LogP contribution in [0.2, 0.25) is 0 Å². The van der Waals surface area contributed by atoms with Gasteiger partial charge in [0, 0.05) is 45.8 Å². The zero-order valence-corrected chi connectivity index (χ0v) is 18.7. The molecule has 3 aliphatic heterocycles. The number of nitrogens with one attached hydrogen (secondary N) is 1. The van der Waals surface area contributed by atoms with E-state index in [1.165, 1.54) is 5.56 Å². The third-order valence-electron chi connectivity index (χ3n) is 6.30. The molecule has 0 aromatic heterocycles. The van der Waals surface area contributed by atoms with Crippen LogP contribution in [0.15, 0.2) is 30.3 Å². The number of rotatable bonds is 2. The van der Waals surface area contributed by atoms with E-state index in [2.05, 4.69) is 22.3 Å². The second kappa shape index (κ2) is 11.0. The predicted molar refractivity (Wildman–Crippen MR) is 115 cm³/mol. The summed E-state index contributed by atoms with van der Waals surface area (Å²) in [5.74, 6) is -2.64. The molecule has 0 aliphatic carbocycles. The summed E-state index contributed by atoms with van der Waals surface area (Å²) in [7, 11) is 0. The minimum Gasteiger partial charge on any atom is -0.475 e. The van der Waals surface area contributed by atoms with Crippen LogP contribution in [0.1, 0.15) is 18.4 Å². The van der Waals surface area contributed by atoms with E-state index in [1.54, 1.807) is 0 Å². The highest BCUT2D eigenvalue weighted by Gasteiger charge is 2.48. The largest absolute Gasteiger partial charge is 0.490 e. The summed E-state index contributed by atoms with van der Waals surface area (Å²) in [6.07, 6.45) is -3.72. The maximum Gasteiger partial charge on any atom is 0.490 e. The quantitative estimate of drug-likeness (QED) is 0.658. The summed E-state index contributed by atoms with van der Waals surface area (Å²) in [6, 6.07) is 10.4. The van der Waals surface area contributed by atoms with Gasteiger partial charge in [0.05, 0.1) is 13.2 Å². The number of ether oxygens (including phenoxy) is 1. The zero-order chi connectivity index (χ0) is 24.8. The lowest BCUT2D eigenvalue weighted by Gasteiger charge is -2.50. The van der Waals surface area contributed by atoms with Crippen LogP contribution in [0.3, 0.4) is 0 Å². The number of nitrogens with zero attached hydrogens (tertiary/aromatic N) is 3. The summed E-state index contributed by atoms with van der Waals surface area (Å²) < 4.78 is 37.1. The second-order valence-corrected chi connectivity index (χ2v) is 8.37. The smallest absolute Gasteiger partial charge is 0.475 e. The minimum absolute atomic E-state index is 0.0824. The highest BCUT2D eigenvalue weighted by Crippen LogP contribution is 2.33. The minimum atomic E-state index is -5.08. The Labute approximate surface area is 195 Å². The maximum atomic E-state index is 12.9. The summed E-state index contributed by atoms with van der Waals surface area (Å²) in [5, 5.41) is 10.2. The standard InChI is InChI=1S/C20H28N4O3.C2HF3O2/c25-18-20(24(11-8-21-18)16-17-4-2-1-3-5-17)6-9-22(10-7-20)19(26)23-12-14-27-15-13-23;3-2(4,5)1(6)7/h1-5H,6-16H2,(H,21,25);(H,6,7). The number of benzene rings is 1. The number of piperazine rings is 1. The number of piperidine rings is 1. The van der Waals surface area contributed by atoms with E-state index in [-0.39, 0.29) is 11.9 Å². The number of halogens is 3. The van der Waals surface area contributed by atoms with E-state index in [4.69, 9.17) is 14.6 Å². The van der Waals surface area contributed by atoms with Gasteiger partial charge in [-0.1, -0.05) is 30.3 Å². The van der Waals surface area contributed by atoms with Gasteiger partial charge < -0.3 is 25.0 Å². The van der Waals surface area contributed by atoms with Gasteiger partial charge in [-0.05, 0) is 18.4 Å². The molecule has 1 spiro atoms. The summed E-state index contributed by atoms with van der Waals surface area (Å²) >= 11 is 0. The van der Waals surface area contributed by atoms with Gasteiger partial charge in [0.1, 0.15) is 5.54 Å². The topological polar surface area (TPSA) is 102 Å². The van der Waals surface area contributed by atoms with Gasteiger partial charge in [-0.3, -0.25) is 9.69 Å². The van der Waals surface area contributed by atoms with Crippen molar-refractivity contribution in [2.75, 3.05) is 52.5 Å². The number of alkyl halides is 3. The van der Waals surface area contributed by atoms with Crippen LogP contribution in [-0.4, -0.2) is 102 Å². The molecule has 3 aliphatic rings. The molecule has 3 amide bonds. The van der Waals surface area contributed by atoms with Crippen LogP contribution >= 0.6 is 0 Å². The van der Waals surface area contributed by atoms with Crippen molar-refractivity contribution in [1.82, 2.24) is 20.0 Å². The van der Waals surface area contributed by atoms with Gasteiger partial charge in [-0.25, -0.2) is 9.59 Å². The fraction of sp³-hybridized carbons (Fsp3) is 0.591. The molecular formula is C22H29F3N4O5. The molecule has 4 rings (SSSR count).